The SMILES string of the molecule is CCOc1ccc(/C(O)=C2\C(=O)C(=O)N(c3nc4ccc(F)cc4s3)C2c2ccc(OC)cc2)c(OCC)c1. The highest BCUT2D eigenvalue weighted by Gasteiger charge is 2.48. The second kappa shape index (κ2) is 10.7. The van der Waals surface area contributed by atoms with Crippen molar-refractivity contribution < 1.29 is 33.3 Å². The number of benzene rings is 3. The molecule has 0 aliphatic carbocycles. The summed E-state index contributed by atoms with van der Waals surface area (Å²) in [4.78, 5) is 32.8. The fraction of sp³-hybridized carbons (Fsp3) is 0.207. The molecule has 4 aromatic rings. The Morgan fingerprint density at radius 3 is 2.41 bits per heavy atom. The van der Waals surface area contributed by atoms with Gasteiger partial charge in [-0.15, -0.1) is 0 Å². The van der Waals surface area contributed by atoms with Crippen LogP contribution in [-0.2, 0) is 9.59 Å². The molecule has 1 aliphatic rings. The molecule has 2 heterocycles. The van der Waals surface area contributed by atoms with E-state index in [0.717, 1.165) is 11.3 Å². The molecule has 0 spiro atoms. The number of hydrogen-bond donors (Lipinski definition) is 1. The van der Waals surface area contributed by atoms with Gasteiger partial charge in [0.15, 0.2) is 5.13 Å². The average molecular weight is 549 g/mol. The minimum absolute atomic E-state index is 0.124. The molecule has 3 aromatic carbocycles. The van der Waals surface area contributed by atoms with Crippen LogP contribution in [0.5, 0.6) is 17.2 Å². The zero-order chi connectivity index (χ0) is 27.7. The first kappa shape index (κ1) is 26.2. The van der Waals surface area contributed by atoms with Crippen molar-refractivity contribution in [3.05, 3.63) is 83.2 Å². The summed E-state index contributed by atoms with van der Waals surface area (Å²) in [5.41, 5.74) is 1.15. The highest BCUT2D eigenvalue weighted by atomic mass is 32.1. The predicted molar refractivity (Wildman–Crippen MR) is 146 cm³/mol. The normalized spacial score (nSPS) is 16.6. The fourth-order valence-electron chi connectivity index (χ4n) is 4.50. The zero-order valence-corrected chi connectivity index (χ0v) is 22.3. The lowest BCUT2D eigenvalue weighted by Gasteiger charge is -2.23. The number of ketones is 1. The van der Waals surface area contributed by atoms with E-state index in [4.69, 9.17) is 14.2 Å². The maximum absolute atomic E-state index is 13.9. The summed E-state index contributed by atoms with van der Waals surface area (Å²) >= 11 is 1.08. The van der Waals surface area contributed by atoms with E-state index in [1.54, 1.807) is 49.4 Å². The lowest BCUT2D eigenvalue weighted by Crippen LogP contribution is -2.29. The summed E-state index contributed by atoms with van der Waals surface area (Å²) in [6, 6.07) is 14.8. The second-order valence-electron chi connectivity index (χ2n) is 8.57. The van der Waals surface area contributed by atoms with Crippen LogP contribution in [0.2, 0.25) is 0 Å². The molecule has 8 nitrogen and oxygen atoms in total. The van der Waals surface area contributed by atoms with Crippen molar-refractivity contribution in [2.75, 3.05) is 25.2 Å². The van der Waals surface area contributed by atoms with Gasteiger partial charge in [-0.05, 0) is 61.9 Å². The Morgan fingerprint density at radius 1 is 1.00 bits per heavy atom. The summed E-state index contributed by atoms with van der Waals surface area (Å²) in [5, 5.41) is 11.8. The quantitative estimate of drug-likeness (QED) is 0.167. The van der Waals surface area contributed by atoms with E-state index in [1.165, 1.54) is 30.2 Å². The number of aromatic nitrogens is 1. The predicted octanol–water partition coefficient (Wildman–Crippen LogP) is 5.87. The summed E-state index contributed by atoms with van der Waals surface area (Å²) in [6.45, 7) is 4.38. The van der Waals surface area contributed by atoms with Crippen LogP contribution >= 0.6 is 11.3 Å². The summed E-state index contributed by atoms with van der Waals surface area (Å²) in [6.07, 6.45) is 0. The van der Waals surface area contributed by atoms with Crippen LogP contribution in [0.1, 0.15) is 31.0 Å². The first-order valence-electron chi connectivity index (χ1n) is 12.3. The molecule has 200 valence electrons. The van der Waals surface area contributed by atoms with E-state index in [-0.39, 0.29) is 16.3 Å². The smallest absolute Gasteiger partial charge is 0.301 e. The number of rotatable bonds is 8. The number of anilines is 1. The third kappa shape index (κ3) is 4.79. The monoisotopic (exact) mass is 548 g/mol. The van der Waals surface area contributed by atoms with Gasteiger partial charge in [0.2, 0.25) is 0 Å². The minimum atomic E-state index is -1.01. The molecule has 1 aliphatic heterocycles. The van der Waals surface area contributed by atoms with Crippen LogP contribution in [0, 0.1) is 5.82 Å². The van der Waals surface area contributed by atoms with E-state index in [2.05, 4.69) is 4.98 Å². The molecule has 5 rings (SSSR count). The van der Waals surface area contributed by atoms with Gasteiger partial charge < -0.3 is 19.3 Å². The largest absolute Gasteiger partial charge is 0.507 e. The molecule has 1 atom stereocenters. The molecule has 1 fully saturated rings. The Bertz CT molecular complexity index is 1600. The summed E-state index contributed by atoms with van der Waals surface area (Å²) in [5.74, 6) is -1.16. The Hall–Kier alpha value is -4.44. The lowest BCUT2D eigenvalue weighted by atomic mass is 9.95. The highest BCUT2D eigenvalue weighted by molar-refractivity contribution is 7.22. The molecule has 1 amide bonds. The second-order valence-corrected chi connectivity index (χ2v) is 9.58. The Kier molecular flexibility index (Phi) is 7.21. The molecular weight excluding hydrogens is 523 g/mol. The van der Waals surface area contributed by atoms with Gasteiger partial charge in [0.05, 0.1) is 47.7 Å². The molecule has 0 saturated carbocycles. The van der Waals surface area contributed by atoms with Crippen LogP contribution in [0.15, 0.2) is 66.2 Å². The van der Waals surface area contributed by atoms with Gasteiger partial charge in [-0.1, -0.05) is 23.5 Å². The maximum Gasteiger partial charge on any atom is 0.301 e. The van der Waals surface area contributed by atoms with Gasteiger partial charge >= 0.3 is 5.91 Å². The maximum atomic E-state index is 13.9. The van der Waals surface area contributed by atoms with E-state index in [9.17, 15) is 19.1 Å². The lowest BCUT2D eigenvalue weighted by molar-refractivity contribution is -0.132. The van der Waals surface area contributed by atoms with Crippen molar-refractivity contribution in [1.82, 2.24) is 4.98 Å². The molecule has 10 heteroatoms. The summed E-state index contributed by atoms with van der Waals surface area (Å²) < 4.78 is 31.0. The van der Waals surface area contributed by atoms with Crippen LogP contribution in [0.4, 0.5) is 9.52 Å². The van der Waals surface area contributed by atoms with Crippen molar-refractivity contribution in [1.29, 1.82) is 0 Å². The first-order valence-corrected chi connectivity index (χ1v) is 13.1. The van der Waals surface area contributed by atoms with Gasteiger partial charge in [0.1, 0.15) is 28.8 Å². The molecule has 1 unspecified atom stereocenters. The van der Waals surface area contributed by atoms with Gasteiger partial charge in [0.25, 0.3) is 5.78 Å². The van der Waals surface area contributed by atoms with E-state index >= 15 is 0 Å². The third-order valence-electron chi connectivity index (χ3n) is 6.24. The molecule has 0 radical (unpaired) electrons. The average Bonchev–Trinajstić information content (AvgIpc) is 3.46. The van der Waals surface area contributed by atoms with Crippen LogP contribution in [-0.4, -0.2) is 42.1 Å². The number of carbonyl (C=O) groups excluding carboxylic acids is 2. The van der Waals surface area contributed by atoms with Crippen molar-refractivity contribution in [3.63, 3.8) is 0 Å². The number of methoxy groups -OCH3 is 1. The minimum Gasteiger partial charge on any atom is -0.507 e. The number of hydrogen-bond acceptors (Lipinski definition) is 8. The molecule has 1 N–H and O–H groups in total. The highest BCUT2D eigenvalue weighted by Crippen LogP contribution is 2.45. The van der Waals surface area contributed by atoms with Crippen LogP contribution in [0.25, 0.3) is 16.0 Å². The van der Waals surface area contributed by atoms with Gasteiger partial charge in [0, 0.05) is 6.07 Å². The number of ether oxygens (including phenoxy) is 3. The number of carbonyl (C=O) groups is 2. The van der Waals surface area contributed by atoms with Crippen molar-refractivity contribution >= 4 is 44.1 Å². The van der Waals surface area contributed by atoms with Crippen LogP contribution in [0.3, 0.4) is 0 Å². The standard InChI is InChI=1S/C29H25FN2O6S/c1-4-37-19-11-12-20(22(15-19)38-5-2)26(33)24-25(16-6-9-18(36-3)10-7-16)32(28(35)27(24)34)29-31-21-13-8-17(30)14-23(21)39-29/h6-15,25,33H,4-5H2,1-3H3/b26-24+. The Morgan fingerprint density at radius 2 is 1.72 bits per heavy atom. The number of fused-ring (bicyclic) bond motifs is 1. The number of amides is 1. The Balaban J connectivity index is 1.71. The van der Waals surface area contributed by atoms with E-state index in [1.807, 2.05) is 6.92 Å². The fourth-order valence-corrected chi connectivity index (χ4v) is 5.51. The molecule has 1 saturated heterocycles. The number of Topliss-reactive ketones (excluding diaryl/α,β-unsaturated/α-hetero) is 1. The van der Waals surface area contributed by atoms with Crippen molar-refractivity contribution in [2.24, 2.45) is 0 Å². The van der Waals surface area contributed by atoms with Gasteiger partial charge in [-0.2, -0.15) is 0 Å². The van der Waals surface area contributed by atoms with Crippen LogP contribution < -0.4 is 19.1 Å². The number of aliphatic hydroxyl groups excluding tert-OH is 1. The number of aliphatic hydroxyl groups is 1. The van der Waals surface area contributed by atoms with E-state index < -0.39 is 29.3 Å². The van der Waals surface area contributed by atoms with Gasteiger partial charge in [-0.25, -0.2) is 9.37 Å². The third-order valence-corrected chi connectivity index (χ3v) is 7.26. The first-order chi connectivity index (χ1) is 18.9. The molecular formula is C29H25FN2O6S. The number of thiazole rings is 1. The van der Waals surface area contributed by atoms with Gasteiger partial charge in [-0.3, -0.25) is 14.5 Å². The molecule has 0 bridgehead atoms. The zero-order valence-electron chi connectivity index (χ0n) is 21.4. The summed E-state index contributed by atoms with van der Waals surface area (Å²) in [7, 11) is 1.53. The van der Waals surface area contributed by atoms with Crippen molar-refractivity contribution in [3.8, 4) is 17.2 Å². The Labute approximate surface area is 227 Å². The topological polar surface area (TPSA) is 98.2 Å². The van der Waals surface area contributed by atoms with E-state index in [0.29, 0.717) is 46.2 Å². The number of halogens is 1. The number of nitrogens with zero attached hydrogens (tertiary/aromatic N) is 2. The molecule has 39 heavy (non-hydrogen) atoms. The van der Waals surface area contributed by atoms with Crippen molar-refractivity contribution in [2.45, 2.75) is 19.9 Å². The molecule has 1 aromatic heterocycles.